The van der Waals surface area contributed by atoms with Gasteiger partial charge in [-0.2, -0.15) is 0 Å². The minimum atomic E-state index is -0.401. The third kappa shape index (κ3) is 2.07. The first-order valence-corrected chi connectivity index (χ1v) is 5.36. The van der Waals surface area contributed by atoms with Crippen LogP contribution in [0.5, 0.6) is 11.5 Å². The fourth-order valence-electron chi connectivity index (χ4n) is 1.36. The summed E-state index contributed by atoms with van der Waals surface area (Å²) in [4.78, 5) is 11.6. The number of esters is 1. The van der Waals surface area contributed by atoms with Gasteiger partial charge < -0.3 is 14.2 Å². The molecule has 1 aliphatic rings. The molecule has 1 heterocycles. The molecule has 1 aliphatic heterocycles. The molecule has 0 saturated heterocycles. The lowest BCUT2D eigenvalue weighted by atomic mass is 10.2. The Morgan fingerprint density at radius 3 is 3.06 bits per heavy atom. The van der Waals surface area contributed by atoms with Gasteiger partial charge in [-0.15, -0.1) is 0 Å². The van der Waals surface area contributed by atoms with Crippen molar-refractivity contribution in [3.8, 4) is 11.5 Å². The summed E-state index contributed by atoms with van der Waals surface area (Å²) in [6, 6.07) is 3.10. The summed E-state index contributed by atoms with van der Waals surface area (Å²) in [7, 11) is 0. The lowest BCUT2D eigenvalue weighted by Crippen LogP contribution is -2.05. The summed E-state index contributed by atoms with van der Waals surface area (Å²) in [5.41, 5.74) is 0.378. The van der Waals surface area contributed by atoms with Crippen LogP contribution in [0.3, 0.4) is 0 Å². The van der Waals surface area contributed by atoms with Crippen LogP contribution in [0.25, 0.3) is 0 Å². The monoisotopic (exact) mass is 242 g/mol. The van der Waals surface area contributed by atoms with Crippen molar-refractivity contribution in [1.29, 1.82) is 0 Å². The molecule has 1 aromatic carbocycles. The highest BCUT2D eigenvalue weighted by Crippen LogP contribution is 2.39. The Morgan fingerprint density at radius 2 is 2.31 bits per heavy atom. The average Bonchev–Trinajstić information content (AvgIpc) is 2.74. The van der Waals surface area contributed by atoms with E-state index in [9.17, 15) is 4.79 Å². The number of carbonyl (C=O) groups is 1. The van der Waals surface area contributed by atoms with Crippen LogP contribution in [0.15, 0.2) is 12.1 Å². The van der Waals surface area contributed by atoms with Gasteiger partial charge in [-0.05, 0) is 18.6 Å². The highest BCUT2D eigenvalue weighted by atomic mass is 35.5. The van der Waals surface area contributed by atoms with Crippen molar-refractivity contribution in [3.63, 3.8) is 0 Å². The number of halogens is 1. The normalized spacial score (nSPS) is 12.6. The molecule has 0 aliphatic carbocycles. The van der Waals surface area contributed by atoms with Gasteiger partial charge in [0.2, 0.25) is 6.79 Å². The van der Waals surface area contributed by atoms with Gasteiger partial charge in [-0.1, -0.05) is 18.5 Å². The molecule has 1 aromatic rings. The third-order valence-corrected chi connectivity index (χ3v) is 2.38. The fourth-order valence-corrected chi connectivity index (χ4v) is 1.63. The zero-order valence-corrected chi connectivity index (χ0v) is 9.54. The molecule has 16 heavy (non-hydrogen) atoms. The molecule has 0 spiro atoms. The molecular weight excluding hydrogens is 232 g/mol. The summed E-state index contributed by atoms with van der Waals surface area (Å²) in [6.07, 6.45) is 0.782. The highest BCUT2D eigenvalue weighted by molar-refractivity contribution is 6.32. The maximum absolute atomic E-state index is 11.6. The number of rotatable bonds is 3. The van der Waals surface area contributed by atoms with Crippen molar-refractivity contribution in [3.05, 3.63) is 22.7 Å². The lowest BCUT2D eigenvalue weighted by Gasteiger charge is -2.05. The summed E-state index contributed by atoms with van der Waals surface area (Å²) in [5.74, 6) is 0.562. The number of hydrogen-bond acceptors (Lipinski definition) is 4. The number of fused-ring (bicyclic) bond motifs is 1. The van der Waals surface area contributed by atoms with Crippen LogP contribution in [-0.4, -0.2) is 19.4 Å². The maximum Gasteiger partial charge on any atom is 0.338 e. The number of ether oxygens (including phenoxy) is 3. The van der Waals surface area contributed by atoms with E-state index >= 15 is 0 Å². The maximum atomic E-state index is 11.6. The van der Waals surface area contributed by atoms with E-state index in [4.69, 9.17) is 25.8 Å². The third-order valence-electron chi connectivity index (χ3n) is 2.10. The molecule has 0 bridgehead atoms. The minimum absolute atomic E-state index is 0.127. The van der Waals surface area contributed by atoms with Gasteiger partial charge in [-0.3, -0.25) is 0 Å². The molecular formula is C11H11ClO4. The molecule has 0 saturated carbocycles. The minimum Gasteiger partial charge on any atom is -0.462 e. The molecule has 0 aromatic heterocycles. The summed E-state index contributed by atoms with van der Waals surface area (Å²) in [6.45, 7) is 2.45. The second-order valence-corrected chi connectivity index (χ2v) is 3.73. The van der Waals surface area contributed by atoms with E-state index in [0.717, 1.165) is 6.42 Å². The van der Waals surface area contributed by atoms with E-state index < -0.39 is 5.97 Å². The highest BCUT2D eigenvalue weighted by Gasteiger charge is 2.21. The summed E-state index contributed by atoms with van der Waals surface area (Å²) in [5, 5.41) is 0.360. The smallest absolute Gasteiger partial charge is 0.338 e. The van der Waals surface area contributed by atoms with Crippen molar-refractivity contribution in [2.75, 3.05) is 13.4 Å². The Hall–Kier alpha value is -1.42. The standard InChI is InChI=1S/C11H11ClO4/c1-2-3-14-11(13)7-4-8(12)10-9(5-7)15-6-16-10/h4-5H,2-3,6H2,1H3. The first kappa shape index (κ1) is 11.1. The zero-order valence-electron chi connectivity index (χ0n) is 8.79. The van der Waals surface area contributed by atoms with Gasteiger partial charge in [0.1, 0.15) is 0 Å². The van der Waals surface area contributed by atoms with Crippen molar-refractivity contribution in [2.24, 2.45) is 0 Å². The summed E-state index contributed by atoms with van der Waals surface area (Å²) < 4.78 is 15.3. The second kappa shape index (κ2) is 4.61. The van der Waals surface area contributed by atoms with Gasteiger partial charge >= 0.3 is 5.97 Å². The Labute approximate surface area is 98.1 Å². The van der Waals surface area contributed by atoms with Crippen LogP contribution in [0.4, 0.5) is 0 Å². The van der Waals surface area contributed by atoms with Crippen LogP contribution >= 0.6 is 11.6 Å². The predicted octanol–water partition coefficient (Wildman–Crippen LogP) is 2.64. The number of carbonyl (C=O) groups excluding carboxylic acids is 1. The molecule has 0 radical (unpaired) electrons. The van der Waals surface area contributed by atoms with Gasteiger partial charge in [0.15, 0.2) is 11.5 Å². The van der Waals surface area contributed by atoms with E-state index in [0.29, 0.717) is 28.7 Å². The van der Waals surface area contributed by atoms with Crippen molar-refractivity contribution >= 4 is 17.6 Å². The van der Waals surface area contributed by atoms with Crippen LogP contribution in [0.1, 0.15) is 23.7 Å². The molecule has 0 N–H and O–H groups in total. The first-order valence-electron chi connectivity index (χ1n) is 4.98. The second-order valence-electron chi connectivity index (χ2n) is 3.33. The van der Waals surface area contributed by atoms with Crippen LogP contribution in [-0.2, 0) is 4.74 Å². The van der Waals surface area contributed by atoms with Gasteiger partial charge in [0.25, 0.3) is 0 Å². The molecule has 0 fully saturated rings. The Balaban J connectivity index is 2.23. The zero-order chi connectivity index (χ0) is 11.5. The quantitative estimate of drug-likeness (QED) is 0.765. The van der Waals surface area contributed by atoms with Crippen LogP contribution in [0.2, 0.25) is 5.02 Å². The van der Waals surface area contributed by atoms with E-state index in [-0.39, 0.29) is 6.79 Å². The van der Waals surface area contributed by atoms with Crippen LogP contribution in [0, 0.1) is 0 Å². The van der Waals surface area contributed by atoms with Crippen molar-refractivity contribution < 1.29 is 19.0 Å². The van der Waals surface area contributed by atoms with E-state index in [2.05, 4.69) is 0 Å². The molecule has 2 rings (SSSR count). The van der Waals surface area contributed by atoms with Crippen molar-refractivity contribution in [1.82, 2.24) is 0 Å². The van der Waals surface area contributed by atoms with Crippen LogP contribution < -0.4 is 9.47 Å². The SMILES string of the molecule is CCCOC(=O)c1cc(Cl)c2c(c1)OCO2. The van der Waals surface area contributed by atoms with E-state index in [1.165, 1.54) is 6.07 Å². The predicted molar refractivity (Wildman–Crippen MR) is 58.1 cm³/mol. The molecule has 4 nitrogen and oxygen atoms in total. The lowest BCUT2D eigenvalue weighted by molar-refractivity contribution is 0.0504. The molecule has 0 amide bonds. The van der Waals surface area contributed by atoms with Gasteiger partial charge in [0, 0.05) is 0 Å². The largest absolute Gasteiger partial charge is 0.462 e. The fraction of sp³-hybridized carbons (Fsp3) is 0.364. The van der Waals surface area contributed by atoms with E-state index in [1.807, 2.05) is 6.92 Å². The van der Waals surface area contributed by atoms with E-state index in [1.54, 1.807) is 6.07 Å². The molecule has 0 unspecified atom stereocenters. The topological polar surface area (TPSA) is 44.8 Å². The molecule has 86 valence electrons. The van der Waals surface area contributed by atoms with Crippen molar-refractivity contribution in [2.45, 2.75) is 13.3 Å². The number of benzene rings is 1. The van der Waals surface area contributed by atoms with Gasteiger partial charge in [-0.25, -0.2) is 4.79 Å². The average molecular weight is 243 g/mol. The summed E-state index contributed by atoms with van der Waals surface area (Å²) >= 11 is 5.94. The van der Waals surface area contributed by atoms with Gasteiger partial charge in [0.05, 0.1) is 17.2 Å². The number of hydrogen-bond donors (Lipinski definition) is 0. The Kier molecular flexibility index (Phi) is 3.19. The Morgan fingerprint density at radius 1 is 1.50 bits per heavy atom. The molecule has 5 heteroatoms. The first-order chi connectivity index (χ1) is 7.72. The Bertz CT molecular complexity index is 417. The molecule has 0 atom stereocenters.